The van der Waals surface area contributed by atoms with E-state index in [4.69, 9.17) is 27.4 Å². The van der Waals surface area contributed by atoms with E-state index in [0.29, 0.717) is 5.69 Å². The van der Waals surface area contributed by atoms with E-state index in [1.165, 1.54) is 44.6 Å². The summed E-state index contributed by atoms with van der Waals surface area (Å²) >= 11 is 4.71. The molecule has 0 fully saturated rings. The molecule has 0 atom stereocenters. The van der Waals surface area contributed by atoms with Gasteiger partial charge < -0.3 is 20.5 Å². The van der Waals surface area contributed by atoms with Gasteiger partial charge in [0, 0.05) is 5.69 Å². The number of rotatable bonds is 6. The predicted octanol–water partition coefficient (Wildman–Crippen LogP) is 0.950. The third-order valence-electron chi connectivity index (χ3n) is 2.76. The number of methoxy groups -OCH3 is 2. The number of nitrogens with one attached hydrogen (secondary N) is 2. The summed E-state index contributed by atoms with van der Waals surface area (Å²) in [5.41, 5.74) is 5.92. The monoisotopic (exact) mass is 369 g/mol. The van der Waals surface area contributed by atoms with Gasteiger partial charge in [0.25, 0.3) is 10.0 Å². The summed E-state index contributed by atoms with van der Waals surface area (Å²) in [6.07, 6.45) is 0. The summed E-state index contributed by atoms with van der Waals surface area (Å²) in [4.78, 5) is 7.85. The Kier molecular flexibility index (Phi) is 5.36. The quantitative estimate of drug-likeness (QED) is 0.637. The largest absolute Gasteiger partial charge is 0.481 e. The van der Waals surface area contributed by atoms with Crippen LogP contribution in [0, 0.1) is 0 Å². The number of aromatic nitrogens is 2. The Morgan fingerprint density at radius 2 is 1.67 bits per heavy atom. The van der Waals surface area contributed by atoms with Crippen molar-refractivity contribution in [1.82, 2.24) is 9.97 Å². The van der Waals surface area contributed by atoms with Crippen molar-refractivity contribution in [3.63, 3.8) is 0 Å². The minimum Gasteiger partial charge on any atom is -0.481 e. The Morgan fingerprint density at radius 1 is 1.12 bits per heavy atom. The standard InChI is InChI=1S/C13H15N5O4S2/c1-21-10-7-11(22-2)17-13(16-10)18-24(19,20)9-5-3-8(4-6-9)15-12(14)23/h3-7H,1-2H3,(H3,14,15,23)(H,16,17,18). The molecule has 2 rings (SSSR count). The maximum atomic E-state index is 12.4. The van der Waals surface area contributed by atoms with Crippen LogP contribution in [0.15, 0.2) is 35.2 Å². The van der Waals surface area contributed by atoms with Crippen LogP contribution in [-0.2, 0) is 10.0 Å². The molecule has 4 N–H and O–H groups in total. The van der Waals surface area contributed by atoms with Crippen LogP contribution in [0.2, 0.25) is 0 Å². The second-order valence-electron chi connectivity index (χ2n) is 4.40. The molecular formula is C13H15N5O4S2. The number of ether oxygens (including phenoxy) is 2. The van der Waals surface area contributed by atoms with Crippen LogP contribution in [0.1, 0.15) is 0 Å². The highest BCUT2D eigenvalue weighted by Gasteiger charge is 2.17. The van der Waals surface area contributed by atoms with Gasteiger partial charge in [-0.25, -0.2) is 13.1 Å². The molecule has 1 heterocycles. The minimum absolute atomic E-state index is 0.0152. The lowest BCUT2D eigenvalue weighted by atomic mass is 10.3. The second-order valence-corrected chi connectivity index (χ2v) is 6.52. The number of hydrogen-bond acceptors (Lipinski definition) is 7. The number of thiocarbonyl (C=S) groups is 1. The first-order chi connectivity index (χ1) is 11.3. The zero-order chi connectivity index (χ0) is 17.7. The molecule has 2 aromatic rings. The van der Waals surface area contributed by atoms with E-state index >= 15 is 0 Å². The number of sulfonamides is 1. The minimum atomic E-state index is -3.89. The zero-order valence-corrected chi connectivity index (χ0v) is 14.4. The van der Waals surface area contributed by atoms with Gasteiger partial charge in [0.1, 0.15) is 0 Å². The first kappa shape index (κ1) is 17.7. The number of hydrogen-bond donors (Lipinski definition) is 3. The fourth-order valence-corrected chi connectivity index (χ4v) is 2.76. The molecule has 128 valence electrons. The van der Waals surface area contributed by atoms with Crippen LogP contribution in [0.5, 0.6) is 11.8 Å². The lowest BCUT2D eigenvalue weighted by Crippen LogP contribution is -2.19. The highest BCUT2D eigenvalue weighted by Crippen LogP contribution is 2.21. The molecule has 0 aliphatic heterocycles. The maximum absolute atomic E-state index is 12.4. The average Bonchev–Trinajstić information content (AvgIpc) is 2.54. The Hall–Kier alpha value is -2.66. The molecule has 0 aliphatic rings. The molecule has 0 aliphatic carbocycles. The third kappa shape index (κ3) is 4.43. The number of nitrogens with zero attached hydrogens (tertiary/aromatic N) is 2. The van der Waals surface area contributed by atoms with Crippen LogP contribution in [0.3, 0.4) is 0 Å². The summed E-state index contributed by atoms with van der Waals surface area (Å²) in [6.45, 7) is 0. The highest BCUT2D eigenvalue weighted by molar-refractivity contribution is 7.92. The first-order valence-electron chi connectivity index (χ1n) is 6.50. The van der Waals surface area contributed by atoms with Crippen LogP contribution in [0.4, 0.5) is 11.6 Å². The van der Waals surface area contributed by atoms with Crippen molar-refractivity contribution in [1.29, 1.82) is 0 Å². The van der Waals surface area contributed by atoms with Gasteiger partial charge in [-0.05, 0) is 36.5 Å². The van der Waals surface area contributed by atoms with E-state index in [2.05, 4.69) is 20.0 Å². The number of benzene rings is 1. The number of anilines is 2. The fourth-order valence-electron chi connectivity index (χ4n) is 1.70. The van der Waals surface area contributed by atoms with Gasteiger partial charge >= 0.3 is 0 Å². The first-order valence-corrected chi connectivity index (χ1v) is 8.39. The smallest absolute Gasteiger partial charge is 0.264 e. The molecule has 0 bridgehead atoms. The van der Waals surface area contributed by atoms with Crippen LogP contribution in [-0.4, -0.2) is 37.7 Å². The molecule has 1 aromatic carbocycles. The molecule has 0 saturated heterocycles. The topological polar surface area (TPSA) is 128 Å². The van der Waals surface area contributed by atoms with E-state index in [1.54, 1.807) is 0 Å². The molecule has 0 spiro atoms. The SMILES string of the molecule is COc1cc(OC)nc(NS(=O)(=O)c2ccc(NC(N)=S)cc2)n1. The van der Waals surface area contributed by atoms with E-state index in [0.717, 1.165) is 0 Å². The van der Waals surface area contributed by atoms with Crippen molar-refractivity contribution in [3.8, 4) is 11.8 Å². The van der Waals surface area contributed by atoms with Crippen molar-refractivity contribution < 1.29 is 17.9 Å². The lowest BCUT2D eigenvalue weighted by molar-refractivity contribution is 0.373. The van der Waals surface area contributed by atoms with Crippen LogP contribution in [0.25, 0.3) is 0 Å². The highest BCUT2D eigenvalue weighted by atomic mass is 32.2. The summed E-state index contributed by atoms with van der Waals surface area (Å²) in [7, 11) is -1.09. The molecule has 24 heavy (non-hydrogen) atoms. The van der Waals surface area contributed by atoms with Gasteiger partial charge in [0.05, 0.1) is 25.2 Å². The van der Waals surface area contributed by atoms with Gasteiger partial charge in [-0.3, -0.25) is 0 Å². The van der Waals surface area contributed by atoms with Crippen LogP contribution >= 0.6 is 12.2 Å². The molecular weight excluding hydrogens is 354 g/mol. The molecule has 9 nitrogen and oxygen atoms in total. The molecule has 1 aromatic heterocycles. The summed E-state index contributed by atoms with van der Waals surface area (Å²) in [5.74, 6) is 0.155. The van der Waals surface area contributed by atoms with Gasteiger partial charge in [-0.2, -0.15) is 9.97 Å². The Balaban J connectivity index is 2.26. The molecule has 0 saturated carbocycles. The summed E-state index contributed by atoms with van der Waals surface area (Å²) in [6, 6.07) is 7.26. The van der Waals surface area contributed by atoms with Crippen molar-refractivity contribution in [2.75, 3.05) is 24.3 Å². The maximum Gasteiger partial charge on any atom is 0.264 e. The van der Waals surface area contributed by atoms with Crippen molar-refractivity contribution >= 4 is 39.0 Å². The summed E-state index contributed by atoms with van der Waals surface area (Å²) < 4.78 is 37.0. The Morgan fingerprint density at radius 3 is 2.12 bits per heavy atom. The van der Waals surface area contributed by atoms with Gasteiger partial charge in [0.2, 0.25) is 17.7 Å². The Bertz CT molecular complexity index is 818. The van der Waals surface area contributed by atoms with Gasteiger partial charge in [-0.1, -0.05) is 0 Å². The predicted molar refractivity (Wildman–Crippen MR) is 92.8 cm³/mol. The summed E-state index contributed by atoms with van der Waals surface area (Å²) in [5, 5.41) is 2.78. The molecule has 0 amide bonds. The van der Waals surface area contributed by atoms with Gasteiger partial charge in [0.15, 0.2) is 5.11 Å². The molecule has 0 unspecified atom stereocenters. The fraction of sp³-hybridized carbons (Fsp3) is 0.154. The Labute approximate surface area is 144 Å². The van der Waals surface area contributed by atoms with E-state index in [9.17, 15) is 8.42 Å². The van der Waals surface area contributed by atoms with Crippen molar-refractivity contribution in [2.45, 2.75) is 4.90 Å². The normalized spacial score (nSPS) is 10.8. The van der Waals surface area contributed by atoms with Gasteiger partial charge in [-0.15, -0.1) is 0 Å². The number of nitrogens with two attached hydrogens (primary N) is 1. The third-order valence-corrected chi connectivity index (χ3v) is 4.20. The lowest BCUT2D eigenvalue weighted by Gasteiger charge is -2.10. The molecule has 11 heteroatoms. The average molecular weight is 369 g/mol. The van der Waals surface area contributed by atoms with E-state index in [-0.39, 0.29) is 27.7 Å². The van der Waals surface area contributed by atoms with E-state index < -0.39 is 10.0 Å². The van der Waals surface area contributed by atoms with E-state index in [1.807, 2.05) is 0 Å². The zero-order valence-electron chi connectivity index (χ0n) is 12.8. The second kappa shape index (κ2) is 7.27. The van der Waals surface area contributed by atoms with Crippen LogP contribution < -0.4 is 25.2 Å². The van der Waals surface area contributed by atoms with Crippen molar-refractivity contribution in [3.05, 3.63) is 30.3 Å². The van der Waals surface area contributed by atoms with Crippen molar-refractivity contribution in [2.24, 2.45) is 5.73 Å². The molecule has 0 radical (unpaired) electrons.